The summed E-state index contributed by atoms with van der Waals surface area (Å²) in [5.74, 6) is -0.655. The summed E-state index contributed by atoms with van der Waals surface area (Å²) < 4.78 is 5.30. The van der Waals surface area contributed by atoms with Crippen molar-refractivity contribution >= 4 is 23.6 Å². The van der Waals surface area contributed by atoms with Crippen molar-refractivity contribution in [3.63, 3.8) is 0 Å². The van der Waals surface area contributed by atoms with Crippen LogP contribution in [-0.4, -0.2) is 36.5 Å². The predicted octanol–water partition coefficient (Wildman–Crippen LogP) is 4.13. The Morgan fingerprint density at radius 2 is 1.73 bits per heavy atom. The molecule has 0 unspecified atom stereocenters. The molecule has 1 aliphatic rings. The molecule has 1 aliphatic heterocycles. The van der Waals surface area contributed by atoms with Gasteiger partial charge in [0.25, 0.3) is 0 Å². The maximum Gasteiger partial charge on any atom is 0.408 e. The standard InChI is InChI=1S/C26H33N3O4/c1-4-6-16-27-24(30)23-18(3)20-14-10-11-15-22(20)29(23)25(31)21(5-2)28-26(32)33-17-19-12-8-7-9-13-19/h7-15,18,21,23H,4-6,16-17H2,1-3H3,(H,27,30)(H,28,32)/t18-,21+,23+/m1/s1. The Hall–Kier alpha value is -3.35. The molecule has 33 heavy (non-hydrogen) atoms. The number of carbonyl (C=O) groups excluding carboxylic acids is 3. The molecule has 176 valence electrons. The Labute approximate surface area is 195 Å². The van der Waals surface area contributed by atoms with Crippen LogP contribution in [0.4, 0.5) is 10.5 Å². The van der Waals surface area contributed by atoms with Gasteiger partial charge >= 0.3 is 6.09 Å². The number of alkyl carbamates (subject to hydrolysis) is 1. The van der Waals surface area contributed by atoms with Crippen molar-refractivity contribution in [3.8, 4) is 0 Å². The lowest BCUT2D eigenvalue weighted by atomic mass is 9.96. The van der Waals surface area contributed by atoms with Gasteiger partial charge in [-0.3, -0.25) is 14.5 Å². The van der Waals surface area contributed by atoms with Crippen molar-refractivity contribution in [2.75, 3.05) is 11.4 Å². The van der Waals surface area contributed by atoms with E-state index in [4.69, 9.17) is 4.74 Å². The molecule has 3 atom stereocenters. The molecule has 0 spiro atoms. The average molecular weight is 452 g/mol. The zero-order valence-electron chi connectivity index (χ0n) is 19.5. The summed E-state index contributed by atoms with van der Waals surface area (Å²) in [4.78, 5) is 40.7. The predicted molar refractivity (Wildman–Crippen MR) is 128 cm³/mol. The van der Waals surface area contributed by atoms with Crippen LogP contribution >= 0.6 is 0 Å². The van der Waals surface area contributed by atoms with E-state index in [0.717, 1.165) is 24.0 Å². The Kier molecular flexibility index (Phi) is 8.46. The van der Waals surface area contributed by atoms with Crippen LogP contribution in [0.15, 0.2) is 54.6 Å². The minimum Gasteiger partial charge on any atom is -0.445 e. The Balaban J connectivity index is 1.75. The Bertz CT molecular complexity index is 963. The van der Waals surface area contributed by atoms with E-state index < -0.39 is 18.2 Å². The molecule has 2 N–H and O–H groups in total. The summed E-state index contributed by atoms with van der Waals surface area (Å²) in [5, 5.41) is 5.65. The number of unbranched alkanes of at least 4 members (excludes halogenated alkanes) is 1. The molecule has 0 aliphatic carbocycles. The monoisotopic (exact) mass is 451 g/mol. The summed E-state index contributed by atoms with van der Waals surface area (Å²) in [7, 11) is 0. The number of benzene rings is 2. The van der Waals surface area contributed by atoms with Gasteiger partial charge in [0, 0.05) is 18.2 Å². The fourth-order valence-electron chi connectivity index (χ4n) is 4.14. The van der Waals surface area contributed by atoms with Gasteiger partial charge in [0.2, 0.25) is 11.8 Å². The van der Waals surface area contributed by atoms with Gasteiger partial charge in [-0.15, -0.1) is 0 Å². The molecule has 0 radical (unpaired) electrons. The number of rotatable bonds is 9. The Morgan fingerprint density at radius 1 is 1.03 bits per heavy atom. The molecular formula is C26H33N3O4. The Morgan fingerprint density at radius 3 is 2.42 bits per heavy atom. The van der Waals surface area contributed by atoms with Crippen molar-refractivity contribution < 1.29 is 19.1 Å². The first kappa shape index (κ1) is 24.3. The lowest BCUT2D eigenvalue weighted by molar-refractivity contribution is -0.127. The molecule has 3 rings (SSSR count). The number of hydrogen-bond donors (Lipinski definition) is 2. The van der Waals surface area contributed by atoms with Crippen molar-refractivity contribution in [1.82, 2.24) is 10.6 Å². The number of para-hydroxylation sites is 1. The van der Waals surface area contributed by atoms with Gasteiger partial charge in [0.1, 0.15) is 18.7 Å². The number of nitrogens with zero attached hydrogens (tertiary/aromatic N) is 1. The maximum atomic E-state index is 13.6. The maximum absolute atomic E-state index is 13.6. The number of fused-ring (bicyclic) bond motifs is 1. The smallest absolute Gasteiger partial charge is 0.408 e. The van der Waals surface area contributed by atoms with Crippen LogP contribution < -0.4 is 15.5 Å². The molecule has 7 heteroatoms. The van der Waals surface area contributed by atoms with Crippen molar-refractivity contribution in [1.29, 1.82) is 0 Å². The van der Waals surface area contributed by atoms with Crippen LogP contribution in [0.5, 0.6) is 0 Å². The van der Waals surface area contributed by atoms with Gasteiger partial charge in [0.05, 0.1) is 0 Å². The molecule has 0 saturated carbocycles. The molecule has 0 bridgehead atoms. The minimum absolute atomic E-state index is 0.114. The van der Waals surface area contributed by atoms with E-state index >= 15 is 0 Å². The molecule has 7 nitrogen and oxygen atoms in total. The highest BCUT2D eigenvalue weighted by molar-refractivity contribution is 6.07. The third kappa shape index (κ3) is 5.72. The molecular weight excluding hydrogens is 418 g/mol. The average Bonchev–Trinajstić information content (AvgIpc) is 3.14. The lowest BCUT2D eigenvalue weighted by Crippen LogP contribution is -2.55. The number of carbonyl (C=O) groups is 3. The van der Waals surface area contributed by atoms with Gasteiger partial charge in [-0.1, -0.05) is 75.7 Å². The zero-order chi connectivity index (χ0) is 23.8. The van der Waals surface area contributed by atoms with E-state index in [1.807, 2.05) is 68.4 Å². The third-order valence-corrected chi connectivity index (χ3v) is 5.99. The first-order chi connectivity index (χ1) is 16.0. The normalized spacial score (nSPS) is 17.7. The van der Waals surface area contributed by atoms with E-state index in [9.17, 15) is 14.4 Å². The van der Waals surface area contributed by atoms with Crippen LogP contribution in [0.25, 0.3) is 0 Å². The molecule has 0 aromatic heterocycles. The van der Waals surface area contributed by atoms with Crippen LogP contribution in [-0.2, 0) is 20.9 Å². The van der Waals surface area contributed by atoms with E-state index in [1.54, 1.807) is 4.90 Å². The quantitative estimate of drug-likeness (QED) is 0.561. The fourth-order valence-corrected chi connectivity index (χ4v) is 4.14. The highest BCUT2D eigenvalue weighted by Crippen LogP contribution is 2.41. The molecule has 0 fully saturated rings. The zero-order valence-corrected chi connectivity index (χ0v) is 19.5. The van der Waals surface area contributed by atoms with Gasteiger partial charge in [-0.25, -0.2) is 4.79 Å². The summed E-state index contributed by atoms with van der Waals surface area (Å²) in [6.45, 7) is 6.52. The van der Waals surface area contributed by atoms with E-state index in [0.29, 0.717) is 18.7 Å². The molecule has 2 aromatic rings. The molecule has 0 saturated heterocycles. The number of ether oxygens (including phenoxy) is 1. The van der Waals surface area contributed by atoms with Gasteiger partial charge in [0.15, 0.2) is 0 Å². The first-order valence-corrected chi connectivity index (χ1v) is 11.6. The second kappa shape index (κ2) is 11.5. The van der Waals surface area contributed by atoms with Gasteiger partial charge in [-0.2, -0.15) is 0 Å². The van der Waals surface area contributed by atoms with Crippen molar-refractivity contribution in [2.45, 2.75) is 64.6 Å². The van der Waals surface area contributed by atoms with E-state index in [2.05, 4.69) is 17.6 Å². The van der Waals surface area contributed by atoms with Crippen molar-refractivity contribution in [3.05, 3.63) is 65.7 Å². The summed E-state index contributed by atoms with van der Waals surface area (Å²) in [6.07, 6.45) is 1.55. The molecule has 1 heterocycles. The number of amides is 3. The fraction of sp³-hybridized carbons (Fsp3) is 0.423. The number of nitrogens with one attached hydrogen (secondary N) is 2. The summed E-state index contributed by atoms with van der Waals surface area (Å²) in [6, 6.07) is 15.4. The molecule has 3 amide bonds. The number of anilines is 1. The van der Waals surface area contributed by atoms with Gasteiger partial charge < -0.3 is 15.4 Å². The summed E-state index contributed by atoms with van der Waals surface area (Å²) in [5.41, 5.74) is 2.52. The van der Waals surface area contributed by atoms with E-state index in [-0.39, 0.29) is 24.3 Å². The highest BCUT2D eigenvalue weighted by atomic mass is 16.5. The second-order valence-electron chi connectivity index (χ2n) is 8.31. The van der Waals surface area contributed by atoms with E-state index in [1.165, 1.54) is 0 Å². The van der Waals surface area contributed by atoms with Crippen molar-refractivity contribution in [2.24, 2.45) is 0 Å². The van der Waals surface area contributed by atoms with Crippen LogP contribution in [0.3, 0.4) is 0 Å². The second-order valence-corrected chi connectivity index (χ2v) is 8.31. The minimum atomic E-state index is -0.808. The number of hydrogen-bond acceptors (Lipinski definition) is 4. The largest absolute Gasteiger partial charge is 0.445 e. The van der Waals surface area contributed by atoms with Gasteiger partial charge in [-0.05, 0) is 30.0 Å². The SMILES string of the molecule is CCCCNC(=O)[C@@H]1[C@H](C)c2ccccc2N1C(=O)[C@H](CC)NC(=O)OCc1ccccc1. The first-order valence-electron chi connectivity index (χ1n) is 11.6. The van der Waals surface area contributed by atoms with Crippen LogP contribution in [0.1, 0.15) is 57.1 Å². The molecule has 2 aromatic carbocycles. The van der Waals surface area contributed by atoms with Crippen LogP contribution in [0, 0.1) is 0 Å². The lowest BCUT2D eigenvalue weighted by Gasteiger charge is -2.30. The highest BCUT2D eigenvalue weighted by Gasteiger charge is 2.45. The van der Waals surface area contributed by atoms with Crippen LogP contribution in [0.2, 0.25) is 0 Å². The third-order valence-electron chi connectivity index (χ3n) is 5.99. The summed E-state index contributed by atoms with van der Waals surface area (Å²) >= 11 is 0. The topological polar surface area (TPSA) is 87.7 Å².